The maximum atomic E-state index is 5.93. The Morgan fingerprint density at radius 2 is 2.05 bits per heavy atom. The summed E-state index contributed by atoms with van der Waals surface area (Å²) in [6.45, 7) is 4.18. The second-order valence-electron chi connectivity index (χ2n) is 4.58. The van der Waals surface area contributed by atoms with Crippen molar-refractivity contribution in [2.45, 2.75) is 18.7 Å². The van der Waals surface area contributed by atoms with E-state index in [2.05, 4.69) is 53.3 Å². The molecular weight excluding hydrogens is 364 g/mol. The van der Waals surface area contributed by atoms with Crippen molar-refractivity contribution >= 4 is 56.3 Å². The summed E-state index contributed by atoms with van der Waals surface area (Å²) in [5, 5.41) is 3.42. The number of hydrogen-bond donors (Lipinski definition) is 2. The molecule has 0 heterocycles. The molecule has 2 rings (SSSR count). The van der Waals surface area contributed by atoms with Gasteiger partial charge in [-0.2, -0.15) is 0 Å². The van der Waals surface area contributed by atoms with E-state index in [4.69, 9.17) is 18.0 Å². The molecule has 2 aromatic rings. The number of nitrogens with one attached hydrogen (secondary N) is 1. The fraction of sp³-hybridized carbons (Fsp3) is 0.188. The molecular formula is C16H17BrN2S2. The van der Waals surface area contributed by atoms with Crippen molar-refractivity contribution in [3.05, 3.63) is 52.0 Å². The van der Waals surface area contributed by atoms with Gasteiger partial charge in [0, 0.05) is 20.6 Å². The van der Waals surface area contributed by atoms with Crippen LogP contribution >= 0.6 is 39.9 Å². The molecule has 5 heteroatoms. The third kappa shape index (κ3) is 3.99. The summed E-state index contributed by atoms with van der Waals surface area (Å²) in [6, 6.07) is 12.3. The lowest BCUT2D eigenvalue weighted by atomic mass is 10.1. The van der Waals surface area contributed by atoms with E-state index in [-0.39, 0.29) is 0 Å². The number of rotatable bonds is 5. The van der Waals surface area contributed by atoms with E-state index in [1.165, 1.54) is 5.56 Å². The molecule has 0 unspecified atom stereocenters. The first kappa shape index (κ1) is 16.3. The number of thiocarbonyl (C=S) groups is 1. The van der Waals surface area contributed by atoms with E-state index < -0.39 is 0 Å². The number of benzene rings is 2. The van der Waals surface area contributed by atoms with Gasteiger partial charge in [-0.25, -0.2) is 0 Å². The third-order valence-corrected chi connectivity index (χ3v) is 4.77. The maximum Gasteiger partial charge on any atom is 0.107 e. The second kappa shape index (κ2) is 7.29. The van der Waals surface area contributed by atoms with Crippen molar-refractivity contribution in [2.24, 2.45) is 5.73 Å². The highest BCUT2D eigenvalue weighted by atomic mass is 79.9. The number of hydrogen-bond acceptors (Lipinski definition) is 3. The Kier molecular flexibility index (Phi) is 5.67. The minimum absolute atomic E-state index is 0.414. The predicted molar refractivity (Wildman–Crippen MR) is 101 cm³/mol. The van der Waals surface area contributed by atoms with Gasteiger partial charge in [-0.1, -0.05) is 31.3 Å². The summed E-state index contributed by atoms with van der Waals surface area (Å²) in [7, 11) is 0. The highest BCUT2D eigenvalue weighted by molar-refractivity contribution is 9.10. The molecule has 0 fully saturated rings. The standard InChI is InChI=1S/C16H17BrN2S2/c1-3-21-14-6-4-5-13(15(14)16(18)20)19-12-8-7-10(2)9-11(12)17/h4-9,19H,3H2,1-2H3,(H2,18,20). The van der Waals surface area contributed by atoms with Crippen LogP contribution in [-0.4, -0.2) is 10.7 Å². The zero-order valence-corrected chi connectivity index (χ0v) is 15.2. The van der Waals surface area contributed by atoms with Gasteiger partial charge in [0.25, 0.3) is 0 Å². The molecule has 0 bridgehead atoms. The van der Waals surface area contributed by atoms with Gasteiger partial charge in [0.1, 0.15) is 4.99 Å². The summed E-state index contributed by atoms with van der Waals surface area (Å²) in [6.07, 6.45) is 0. The lowest BCUT2D eigenvalue weighted by Gasteiger charge is -2.16. The first-order valence-electron chi connectivity index (χ1n) is 6.61. The largest absolute Gasteiger partial charge is 0.389 e. The lowest BCUT2D eigenvalue weighted by molar-refractivity contribution is 1.37. The van der Waals surface area contributed by atoms with Crippen molar-refractivity contribution in [1.29, 1.82) is 0 Å². The van der Waals surface area contributed by atoms with E-state index in [0.717, 1.165) is 32.1 Å². The molecule has 3 N–H and O–H groups in total. The van der Waals surface area contributed by atoms with Crippen LogP contribution in [0.4, 0.5) is 11.4 Å². The third-order valence-electron chi connectivity index (χ3n) is 2.97. The molecule has 0 aliphatic carbocycles. The second-order valence-corrected chi connectivity index (χ2v) is 7.18. The van der Waals surface area contributed by atoms with Crippen LogP contribution < -0.4 is 11.1 Å². The Morgan fingerprint density at radius 3 is 2.67 bits per heavy atom. The minimum Gasteiger partial charge on any atom is -0.389 e. The van der Waals surface area contributed by atoms with Crippen molar-refractivity contribution in [1.82, 2.24) is 0 Å². The fourth-order valence-electron chi connectivity index (χ4n) is 2.03. The van der Waals surface area contributed by atoms with Gasteiger partial charge >= 0.3 is 0 Å². The van der Waals surface area contributed by atoms with Crippen LogP contribution in [0, 0.1) is 6.92 Å². The predicted octanol–water partition coefficient (Wildman–Crippen LogP) is 5.25. The fourth-order valence-corrected chi connectivity index (χ4v) is 3.76. The highest BCUT2D eigenvalue weighted by Crippen LogP contribution is 2.33. The topological polar surface area (TPSA) is 38.0 Å². The van der Waals surface area contributed by atoms with E-state index in [1.807, 2.05) is 18.2 Å². The van der Waals surface area contributed by atoms with E-state index in [9.17, 15) is 0 Å². The molecule has 0 amide bonds. The van der Waals surface area contributed by atoms with Crippen LogP contribution in [-0.2, 0) is 0 Å². The zero-order valence-electron chi connectivity index (χ0n) is 11.9. The van der Waals surface area contributed by atoms with Crippen LogP contribution in [0.15, 0.2) is 45.8 Å². The molecule has 0 atom stereocenters. The summed E-state index contributed by atoms with van der Waals surface area (Å²) >= 11 is 10.6. The molecule has 0 saturated carbocycles. The monoisotopic (exact) mass is 380 g/mol. The molecule has 0 spiro atoms. The average molecular weight is 381 g/mol. The molecule has 110 valence electrons. The van der Waals surface area contributed by atoms with Crippen molar-refractivity contribution in [2.75, 3.05) is 11.1 Å². The van der Waals surface area contributed by atoms with Crippen LogP contribution in [0.1, 0.15) is 18.1 Å². The smallest absolute Gasteiger partial charge is 0.107 e. The molecule has 0 aliphatic heterocycles. The number of aryl methyl sites for hydroxylation is 1. The van der Waals surface area contributed by atoms with Crippen molar-refractivity contribution < 1.29 is 0 Å². The van der Waals surface area contributed by atoms with Gasteiger partial charge in [0.05, 0.1) is 5.69 Å². The molecule has 21 heavy (non-hydrogen) atoms. The quantitative estimate of drug-likeness (QED) is 0.548. The van der Waals surface area contributed by atoms with Crippen LogP contribution in [0.25, 0.3) is 0 Å². The number of thioether (sulfide) groups is 1. The average Bonchev–Trinajstić information content (AvgIpc) is 2.42. The molecule has 0 aliphatic rings. The van der Waals surface area contributed by atoms with E-state index in [1.54, 1.807) is 11.8 Å². The Morgan fingerprint density at radius 1 is 1.29 bits per heavy atom. The first-order chi connectivity index (χ1) is 10.0. The van der Waals surface area contributed by atoms with Crippen LogP contribution in [0.3, 0.4) is 0 Å². The highest BCUT2D eigenvalue weighted by Gasteiger charge is 2.12. The van der Waals surface area contributed by atoms with Crippen LogP contribution in [0.5, 0.6) is 0 Å². The number of anilines is 2. The summed E-state index contributed by atoms with van der Waals surface area (Å²) in [4.78, 5) is 1.52. The first-order valence-corrected chi connectivity index (χ1v) is 8.80. The molecule has 2 nitrogen and oxygen atoms in total. The Balaban J connectivity index is 2.43. The van der Waals surface area contributed by atoms with E-state index >= 15 is 0 Å². The summed E-state index contributed by atoms with van der Waals surface area (Å²) < 4.78 is 1.02. The summed E-state index contributed by atoms with van der Waals surface area (Å²) in [5.41, 5.74) is 9.98. The van der Waals surface area contributed by atoms with Gasteiger partial charge in [0.2, 0.25) is 0 Å². The number of nitrogens with two attached hydrogens (primary N) is 1. The van der Waals surface area contributed by atoms with E-state index in [0.29, 0.717) is 4.99 Å². The SMILES string of the molecule is CCSc1cccc(Nc2ccc(C)cc2Br)c1C(N)=S. The molecule has 0 aromatic heterocycles. The number of halogens is 1. The normalized spacial score (nSPS) is 10.4. The minimum atomic E-state index is 0.414. The van der Waals surface area contributed by atoms with Gasteiger partial charge < -0.3 is 11.1 Å². The Bertz CT molecular complexity index is 671. The lowest BCUT2D eigenvalue weighted by Crippen LogP contribution is -2.13. The van der Waals surface area contributed by atoms with Gasteiger partial charge in [-0.05, 0) is 58.4 Å². The molecule has 2 aromatic carbocycles. The Labute approximate surface area is 143 Å². The van der Waals surface area contributed by atoms with Gasteiger partial charge in [-0.3, -0.25) is 0 Å². The summed E-state index contributed by atoms with van der Waals surface area (Å²) in [5.74, 6) is 0.979. The Hall–Kier alpha value is -1.04. The molecule has 0 saturated heterocycles. The van der Waals surface area contributed by atoms with Crippen LogP contribution in [0.2, 0.25) is 0 Å². The maximum absolute atomic E-state index is 5.93. The van der Waals surface area contributed by atoms with Crippen molar-refractivity contribution in [3.8, 4) is 0 Å². The van der Waals surface area contributed by atoms with Crippen molar-refractivity contribution in [3.63, 3.8) is 0 Å². The van der Waals surface area contributed by atoms with Gasteiger partial charge in [-0.15, -0.1) is 11.8 Å². The molecule has 0 radical (unpaired) electrons. The van der Waals surface area contributed by atoms with Gasteiger partial charge in [0.15, 0.2) is 0 Å². The zero-order chi connectivity index (χ0) is 15.4.